The molecular formula is C26H27ClN2O2. The summed E-state index contributed by atoms with van der Waals surface area (Å²) in [5.41, 5.74) is 3.99. The van der Waals surface area contributed by atoms with E-state index in [4.69, 9.17) is 16.3 Å². The van der Waals surface area contributed by atoms with Gasteiger partial charge in [-0.3, -0.25) is 9.69 Å². The van der Waals surface area contributed by atoms with Gasteiger partial charge in [-0.15, -0.1) is 0 Å². The van der Waals surface area contributed by atoms with Gasteiger partial charge in [-0.05, 0) is 53.9 Å². The molecule has 0 unspecified atom stereocenters. The zero-order valence-corrected chi connectivity index (χ0v) is 18.5. The predicted octanol–water partition coefficient (Wildman–Crippen LogP) is 5.19. The highest BCUT2D eigenvalue weighted by Gasteiger charge is 2.22. The third-order valence-corrected chi connectivity index (χ3v) is 5.85. The van der Waals surface area contributed by atoms with E-state index < -0.39 is 0 Å². The van der Waals surface area contributed by atoms with E-state index in [0.29, 0.717) is 17.2 Å². The lowest BCUT2D eigenvalue weighted by Crippen LogP contribution is -2.48. The smallest absolute Gasteiger partial charge is 0.253 e. The maximum Gasteiger partial charge on any atom is 0.253 e. The minimum absolute atomic E-state index is 0.0869. The highest BCUT2D eigenvalue weighted by Crippen LogP contribution is 2.23. The average molecular weight is 435 g/mol. The molecule has 3 aromatic rings. The second-order valence-corrected chi connectivity index (χ2v) is 8.39. The second kappa shape index (κ2) is 9.99. The van der Waals surface area contributed by atoms with Crippen LogP contribution in [0.25, 0.3) is 0 Å². The van der Waals surface area contributed by atoms with Gasteiger partial charge in [0.1, 0.15) is 12.4 Å². The van der Waals surface area contributed by atoms with Crippen LogP contribution in [0.3, 0.4) is 0 Å². The molecule has 1 heterocycles. The zero-order valence-electron chi connectivity index (χ0n) is 17.8. The third-order valence-electron chi connectivity index (χ3n) is 5.61. The quantitative estimate of drug-likeness (QED) is 0.535. The minimum atomic E-state index is 0.0869. The molecule has 0 N–H and O–H groups in total. The lowest BCUT2D eigenvalue weighted by Gasteiger charge is -2.34. The summed E-state index contributed by atoms with van der Waals surface area (Å²) in [6.45, 7) is 6.58. The molecule has 160 valence electrons. The molecule has 0 radical (unpaired) electrons. The Hall–Kier alpha value is -2.82. The van der Waals surface area contributed by atoms with Gasteiger partial charge in [-0.1, -0.05) is 54.1 Å². The number of carbonyl (C=O) groups is 1. The van der Waals surface area contributed by atoms with Gasteiger partial charge in [0.05, 0.1) is 0 Å². The average Bonchev–Trinajstić information content (AvgIpc) is 2.79. The van der Waals surface area contributed by atoms with Gasteiger partial charge in [-0.2, -0.15) is 0 Å². The van der Waals surface area contributed by atoms with Crippen molar-refractivity contribution in [1.82, 2.24) is 9.80 Å². The lowest BCUT2D eigenvalue weighted by molar-refractivity contribution is 0.0628. The largest absolute Gasteiger partial charge is 0.489 e. The molecule has 31 heavy (non-hydrogen) atoms. The van der Waals surface area contributed by atoms with E-state index in [-0.39, 0.29) is 5.91 Å². The first-order valence-electron chi connectivity index (χ1n) is 10.6. The number of carbonyl (C=O) groups excluding carboxylic acids is 1. The van der Waals surface area contributed by atoms with Crippen molar-refractivity contribution in [3.8, 4) is 5.75 Å². The van der Waals surface area contributed by atoms with Crippen molar-refractivity contribution in [3.05, 3.63) is 100 Å². The Bertz CT molecular complexity index is 1030. The fourth-order valence-corrected chi connectivity index (χ4v) is 4.09. The first kappa shape index (κ1) is 21.4. The Labute approximate surface area is 189 Å². The number of ether oxygens (including phenoxy) is 1. The van der Waals surface area contributed by atoms with Crippen LogP contribution < -0.4 is 4.74 Å². The van der Waals surface area contributed by atoms with Crippen LogP contribution >= 0.6 is 11.6 Å². The lowest BCUT2D eigenvalue weighted by atomic mass is 10.1. The summed E-state index contributed by atoms with van der Waals surface area (Å²) >= 11 is 6.01. The van der Waals surface area contributed by atoms with Gasteiger partial charge in [0.25, 0.3) is 5.91 Å². The fraction of sp³-hybridized carbons (Fsp3) is 0.269. The van der Waals surface area contributed by atoms with Crippen molar-refractivity contribution in [2.45, 2.75) is 20.1 Å². The summed E-state index contributed by atoms with van der Waals surface area (Å²) in [5, 5.41) is 0.696. The maximum atomic E-state index is 13.0. The van der Waals surface area contributed by atoms with Gasteiger partial charge in [0, 0.05) is 43.3 Å². The molecule has 0 atom stereocenters. The van der Waals surface area contributed by atoms with Crippen LogP contribution in [0.4, 0.5) is 0 Å². The number of piperazine rings is 1. The standard InChI is InChI=1S/C26H27ClN2O2/c1-20-16-24(27)10-11-25(20)31-19-22-8-5-9-23(17-22)26(30)29-14-12-28(13-15-29)18-21-6-3-2-4-7-21/h2-11,16-17H,12-15,18-19H2,1H3. The second-order valence-electron chi connectivity index (χ2n) is 7.95. The molecule has 0 spiro atoms. The van der Waals surface area contributed by atoms with Crippen LogP contribution in [0.15, 0.2) is 72.8 Å². The van der Waals surface area contributed by atoms with Gasteiger partial charge >= 0.3 is 0 Å². The summed E-state index contributed by atoms with van der Waals surface area (Å²) in [7, 11) is 0. The molecule has 0 aromatic heterocycles. The summed E-state index contributed by atoms with van der Waals surface area (Å²) in [5.74, 6) is 0.888. The van der Waals surface area contributed by atoms with Crippen LogP contribution in [-0.2, 0) is 13.2 Å². The normalized spacial score (nSPS) is 14.5. The topological polar surface area (TPSA) is 32.8 Å². The molecule has 0 aliphatic carbocycles. The van der Waals surface area contributed by atoms with E-state index in [2.05, 4.69) is 29.2 Å². The Morgan fingerprint density at radius 1 is 0.903 bits per heavy atom. The monoisotopic (exact) mass is 434 g/mol. The first-order valence-corrected chi connectivity index (χ1v) is 11.0. The van der Waals surface area contributed by atoms with Gasteiger partial charge in [0.15, 0.2) is 0 Å². The molecular weight excluding hydrogens is 408 g/mol. The first-order chi connectivity index (χ1) is 15.1. The molecule has 1 amide bonds. The van der Waals surface area contributed by atoms with Gasteiger partial charge < -0.3 is 9.64 Å². The molecule has 1 aliphatic rings. The van der Waals surface area contributed by atoms with Crippen molar-refractivity contribution < 1.29 is 9.53 Å². The molecule has 3 aromatic carbocycles. The van der Waals surface area contributed by atoms with E-state index in [9.17, 15) is 4.79 Å². The summed E-state index contributed by atoms with van der Waals surface area (Å²) in [4.78, 5) is 17.4. The molecule has 0 bridgehead atoms. The van der Waals surface area contributed by atoms with Crippen LogP contribution in [0, 0.1) is 6.92 Å². The van der Waals surface area contributed by atoms with E-state index in [1.54, 1.807) is 0 Å². The van der Waals surface area contributed by atoms with Crippen LogP contribution in [-0.4, -0.2) is 41.9 Å². The number of benzene rings is 3. The van der Waals surface area contributed by atoms with Crippen molar-refractivity contribution in [2.24, 2.45) is 0 Å². The van der Waals surface area contributed by atoms with Crippen LogP contribution in [0.2, 0.25) is 5.02 Å². The predicted molar refractivity (Wildman–Crippen MR) is 125 cm³/mol. The van der Waals surface area contributed by atoms with Crippen LogP contribution in [0.5, 0.6) is 5.75 Å². The van der Waals surface area contributed by atoms with Crippen molar-refractivity contribution >= 4 is 17.5 Å². The summed E-state index contributed by atoms with van der Waals surface area (Å²) in [6, 6.07) is 23.8. The molecule has 1 aliphatic heterocycles. The van der Waals surface area contributed by atoms with E-state index >= 15 is 0 Å². The SMILES string of the molecule is Cc1cc(Cl)ccc1OCc1cccc(C(=O)N2CCN(Cc3ccccc3)CC2)c1. The maximum absolute atomic E-state index is 13.0. The number of aryl methyl sites for hydroxylation is 1. The fourth-order valence-electron chi connectivity index (χ4n) is 3.86. The molecule has 0 saturated carbocycles. The summed E-state index contributed by atoms with van der Waals surface area (Å²) in [6.07, 6.45) is 0. The number of hydrogen-bond acceptors (Lipinski definition) is 3. The Balaban J connectivity index is 1.33. The minimum Gasteiger partial charge on any atom is -0.489 e. The number of amides is 1. The van der Waals surface area contributed by atoms with E-state index in [1.807, 2.05) is 60.4 Å². The molecule has 1 saturated heterocycles. The molecule has 1 fully saturated rings. The summed E-state index contributed by atoms with van der Waals surface area (Å²) < 4.78 is 5.94. The highest BCUT2D eigenvalue weighted by atomic mass is 35.5. The van der Waals surface area contributed by atoms with Gasteiger partial charge in [-0.25, -0.2) is 0 Å². The van der Waals surface area contributed by atoms with Crippen molar-refractivity contribution in [2.75, 3.05) is 26.2 Å². The Morgan fingerprint density at radius 3 is 2.39 bits per heavy atom. The molecule has 4 rings (SSSR count). The number of nitrogens with zero attached hydrogens (tertiary/aromatic N) is 2. The number of rotatable bonds is 6. The van der Waals surface area contributed by atoms with Crippen molar-refractivity contribution in [3.63, 3.8) is 0 Å². The number of hydrogen-bond donors (Lipinski definition) is 0. The van der Waals surface area contributed by atoms with Crippen molar-refractivity contribution in [1.29, 1.82) is 0 Å². The van der Waals surface area contributed by atoms with Crippen LogP contribution in [0.1, 0.15) is 27.0 Å². The van der Waals surface area contributed by atoms with E-state index in [1.165, 1.54) is 5.56 Å². The number of halogens is 1. The molecule has 4 nitrogen and oxygen atoms in total. The zero-order chi connectivity index (χ0) is 21.6. The van der Waals surface area contributed by atoms with Gasteiger partial charge in [0.2, 0.25) is 0 Å². The Kier molecular flexibility index (Phi) is 6.90. The third kappa shape index (κ3) is 5.66. The molecule has 5 heteroatoms. The van der Waals surface area contributed by atoms with E-state index in [0.717, 1.165) is 49.6 Å². The highest BCUT2D eigenvalue weighted by molar-refractivity contribution is 6.30. The Morgan fingerprint density at radius 2 is 1.65 bits per heavy atom.